The lowest BCUT2D eigenvalue weighted by atomic mass is 10.0. The molecule has 4 rings (SSSR count). The van der Waals surface area contributed by atoms with Gasteiger partial charge in [-0.3, -0.25) is 9.78 Å². The fraction of sp³-hybridized carbons (Fsp3) is 0.304. The van der Waals surface area contributed by atoms with Crippen molar-refractivity contribution in [2.45, 2.75) is 39.7 Å². The van der Waals surface area contributed by atoms with Gasteiger partial charge in [-0.15, -0.1) is 0 Å². The third kappa shape index (κ3) is 3.52. The highest BCUT2D eigenvalue weighted by Gasteiger charge is 2.33. The smallest absolute Gasteiger partial charge is 0.254 e. The highest BCUT2D eigenvalue weighted by atomic mass is 16.5. The van der Waals surface area contributed by atoms with Crippen molar-refractivity contribution in [1.29, 1.82) is 5.26 Å². The Morgan fingerprint density at radius 2 is 2.07 bits per heavy atom. The van der Waals surface area contributed by atoms with Crippen LogP contribution in [-0.4, -0.2) is 27.5 Å². The number of aryl methyl sites for hydroxylation is 3. The summed E-state index contributed by atoms with van der Waals surface area (Å²) in [4.78, 5) is 19.7. The van der Waals surface area contributed by atoms with Gasteiger partial charge in [0.25, 0.3) is 5.91 Å². The highest BCUT2D eigenvalue weighted by molar-refractivity contribution is 5.96. The maximum absolute atomic E-state index is 13.3. The molecule has 1 unspecified atom stereocenters. The summed E-state index contributed by atoms with van der Waals surface area (Å²) < 4.78 is 5.42. The number of nitrogens with zero attached hydrogens (tertiary/aromatic N) is 4. The van der Waals surface area contributed by atoms with E-state index in [1.165, 1.54) is 0 Å². The van der Waals surface area contributed by atoms with Crippen LogP contribution in [0.15, 0.2) is 40.9 Å². The number of pyridine rings is 1. The van der Waals surface area contributed by atoms with Crippen LogP contribution in [0.25, 0.3) is 11.3 Å². The van der Waals surface area contributed by atoms with Gasteiger partial charge in [0.2, 0.25) is 0 Å². The molecular weight excluding hydrogens is 364 g/mol. The Hall–Kier alpha value is -3.46. The molecule has 0 bridgehead atoms. The first-order valence-corrected chi connectivity index (χ1v) is 9.71. The minimum Gasteiger partial charge on any atom is -0.359 e. The number of hydrogen-bond acceptors (Lipinski definition) is 5. The molecule has 1 aliphatic heterocycles. The van der Waals surface area contributed by atoms with Crippen LogP contribution in [0.1, 0.15) is 57.5 Å². The number of aromatic nitrogens is 2. The van der Waals surface area contributed by atoms with E-state index in [1.54, 1.807) is 6.07 Å². The van der Waals surface area contributed by atoms with Gasteiger partial charge in [-0.1, -0.05) is 17.3 Å². The van der Waals surface area contributed by atoms with Crippen LogP contribution in [-0.2, 0) is 0 Å². The second-order valence-corrected chi connectivity index (χ2v) is 7.51. The largest absolute Gasteiger partial charge is 0.359 e. The van der Waals surface area contributed by atoms with Crippen LogP contribution in [0.5, 0.6) is 0 Å². The Morgan fingerprint density at radius 1 is 1.24 bits per heavy atom. The zero-order valence-electron chi connectivity index (χ0n) is 16.8. The number of amides is 1. The van der Waals surface area contributed by atoms with Gasteiger partial charge in [-0.05, 0) is 57.4 Å². The quantitative estimate of drug-likeness (QED) is 0.661. The summed E-state index contributed by atoms with van der Waals surface area (Å²) in [5, 5.41) is 13.5. The van der Waals surface area contributed by atoms with Crippen LogP contribution in [0.3, 0.4) is 0 Å². The van der Waals surface area contributed by atoms with E-state index in [0.717, 1.165) is 41.1 Å². The highest BCUT2D eigenvalue weighted by Crippen LogP contribution is 2.34. The predicted octanol–water partition coefficient (Wildman–Crippen LogP) is 4.51. The van der Waals surface area contributed by atoms with Crippen molar-refractivity contribution in [2.24, 2.45) is 0 Å². The van der Waals surface area contributed by atoms with Gasteiger partial charge >= 0.3 is 0 Å². The normalized spacial score (nSPS) is 16.1. The van der Waals surface area contributed by atoms with Gasteiger partial charge in [0.05, 0.1) is 23.0 Å². The van der Waals surface area contributed by atoms with E-state index in [1.807, 2.05) is 56.0 Å². The van der Waals surface area contributed by atoms with E-state index in [0.29, 0.717) is 23.4 Å². The summed E-state index contributed by atoms with van der Waals surface area (Å²) in [6.45, 7) is 6.41. The minimum atomic E-state index is -0.0956. The van der Waals surface area contributed by atoms with Gasteiger partial charge < -0.3 is 9.42 Å². The fourth-order valence-electron chi connectivity index (χ4n) is 3.82. The zero-order valence-corrected chi connectivity index (χ0v) is 16.8. The summed E-state index contributed by atoms with van der Waals surface area (Å²) >= 11 is 0. The first kappa shape index (κ1) is 18.9. The average Bonchev–Trinajstić information content (AvgIpc) is 3.38. The van der Waals surface area contributed by atoms with Crippen molar-refractivity contribution in [3.63, 3.8) is 0 Å². The molecule has 6 nitrogen and oxygen atoms in total. The topological polar surface area (TPSA) is 83.0 Å². The molecule has 1 atom stereocenters. The van der Waals surface area contributed by atoms with Crippen molar-refractivity contribution < 1.29 is 9.32 Å². The molecule has 2 aromatic heterocycles. The van der Waals surface area contributed by atoms with Crippen molar-refractivity contribution >= 4 is 5.91 Å². The van der Waals surface area contributed by atoms with Crippen LogP contribution >= 0.6 is 0 Å². The maximum Gasteiger partial charge on any atom is 0.254 e. The summed E-state index contributed by atoms with van der Waals surface area (Å²) in [6.07, 6.45) is 1.78. The summed E-state index contributed by atoms with van der Waals surface area (Å²) in [5.74, 6) is 0.679. The fourth-order valence-corrected chi connectivity index (χ4v) is 3.82. The Morgan fingerprint density at radius 3 is 2.79 bits per heavy atom. The van der Waals surface area contributed by atoms with Crippen molar-refractivity contribution in [3.8, 4) is 17.3 Å². The van der Waals surface area contributed by atoms with E-state index in [-0.39, 0.29) is 11.9 Å². The van der Waals surface area contributed by atoms with E-state index in [4.69, 9.17) is 4.52 Å². The molecule has 146 valence electrons. The molecule has 0 N–H and O–H groups in total. The molecule has 1 amide bonds. The third-order valence-corrected chi connectivity index (χ3v) is 5.46. The first-order chi connectivity index (χ1) is 14.0. The lowest BCUT2D eigenvalue weighted by molar-refractivity contribution is 0.0714. The van der Waals surface area contributed by atoms with Gasteiger partial charge in [0.15, 0.2) is 5.76 Å². The molecule has 1 aromatic carbocycles. The average molecular weight is 386 g/mol. The molecule has 0 aliphatic carbocycles. The van der Waals surface area contributed by atoms with Crippen LogP contribution in [0.2, 0.25) is 0 Å². The Bertz CT molecular complexity index is 1130. The second kappa shape index (κ2) is 7.51. The molecule has 29 heavy (non-hydrogen) atoms. The number of carbonyl (C=O) groups excluding carboxylic acids is 1. The van der Waals surface area contributed by atoms with Gasteiger partial charge in [-0.25, -0.2) is 0 Å². The standard InChI is InChI=1S/C23H22N4O2/c1-14-10-19(13-24)22(25-16(14)3)17-6-4-7-18(12-17)23(28)27-9-5-8-20(27)21-11-15(2)26-29-21/h4,6-7,10-12,20H,5,8-9H2,1-3H3. The molecule has 1 saturated heterocycles. The number of benzene rings is 1. The van der Waals surface area contributed by atoms with E-state index < -0.39 is 0 Å². The molecular formula is C23H22N4O2. The van der Waals surface area contributed by atoms with Crippen LogP contribution in [0.4, 0.5) is 0 Å². The number of carbonyl (C=O) groups is 1. The number of rotatable bonds is 3. The van der Waals surface area contributed by atoms with Crippen LogP contribution in [0, 0.1) is 32.1 Å². The monoisotopic (exact) mass is 386 g/mol. The van der Waals surface area contributed by atoms with E-state index >= 15 is 0 Å². The van der Waals surface area contributed by atoms with Crippen LogP contribution < -0.4 is 0 Å². The van der Waals surface area contributed by atoms with Crippen molar-refractivity contribution in [3.05, 3.63) is 70.2 Å². The number of hydrogen-bond donors (Lipinski definition) is 0. The van der Waals surface area contributed by atoms with Gasteiger partial charge in [0.1, 0.15) is 6.07 Å². The maximum atomic E-state index is 13.3. The zero-order chi connectivity index (χ0) is 20.5. The second-order valence-electron chi connectivity index (χ2n) is 7.51. The molecule has 1 fully saturated rings. The lowest BCUT2D eigenvalue weighted by Gasteiger charge is -2.23. The van der Waals surface area contributed by atoms with Crippen molar-refractivity contribution in [1.82, 2.24) is 15.0 Å². The molecule has 0 spiro atoms. The predicted molar refractivity (Wildman–Crippen MR) is 108 cm³/mol. The SMILES string of the molecule is Cc1cc(C2CCCN2C(=O)c2cccc(-c3nc(C)c(C)cc3C#N)c2)on1. The molecule has 3 heterocycles. The Labute approximate surface area is 169 Å². The summed E-state index contributed by atoms with van der Waals surface area (Å²) in [6, 6.07) is 13.2. The molecule has 6 heteroatoms. The van der Waals surface area contributed by atoms with Gasteiger partial charge in [0, 0.05) is 29.4 Å². The number of likely N-dealkylation sites (tertiary alicyclic amines) is 1. The first-order valence-electron chi connectivity index (χ1n) is 9.71. The Kier molecular flexibility index (Phi) is 4.89. The van der Waals surface area contributed by atoms with Gasteiger partial charge in [-0.2, -0.15) is 5.26 Å². The summed E-state index contributed by atoms with van der Waals surface area (Å²) in [7, 11) is 0. The number of nitriles is 1. The molecule has 0 radical (unpaired) electrons. The lowest BCUT2D eigenvalue weighted by Crippen LogP contribution is -2.30. The molecule has 0 saturated carbocycles. The van der Waals surface area contributed by atoms with E-state index in [9.17, 15) is 10.1 Å². The summed E-state index contributed by atoms with van der Waals surface area (Å²) in [5.41, 5.74) is 5.11. The van der Waals surface area contributed by atoms with Crippen molar-refractivity contribution in [2.75, 3.05) is 6.54 Å². The molecule has 1 aliphatic rings. The minimum absolute atomic E-state index is 0.0502. The van der Waals surface area contributed by atoms with E-state index in [2.05, 4.69) is 16.2 Å². The molecule has 3 aromatic rings. The third-order valence-electron chi connectivity index (χ3n) is 5.46. The Balaban J connectivity index is 1.68.